The van der Waals surface area contributed by atoms with Crippen molar-refractivity contribution in [2.24, 2.45) is 0 Å². The molecule has 9 heteroatoms. The summed E-state index contributed by atoms with van der Waals surface area (Å²) >= 11 is 1.27. The number of carbonyl (C=O) groups excluding carboxylic acids is 2. The number of nitrogens with one attached hydrogen (secondary N) is 1. The molecule has 1 aromatic carbocycles. The monoisotopic (exact) mass is 414 g/mol. The van der Waals surface area contributed by atoms with E-state index in [0.29, 0.717) is 37.0 Å². The minimum atomic E-state index is -0.376. The van der Waals surface area contributed by atoms with Gasteiger partial charge in [0.05, 0.1) is 18.4 Å². The van der Waals surface area contributed by atoms with Gasteiger partial charge in [0.25, 0.3) is 5.91 Å². The number of halogens is 1. The van der Waals surface area contributed by atoms with Gasteiger partial charge in [-0.25, -0.2) is 9.37 Å². The number of thiazole rings is 1. The molecule has 0 unspecified atom stereocenters. The predicted octanol–water partition coefficient (Wildman–Crippen LogP) is 3.02. The third-order valence-electron chi connectivity index (χ3n) is 4.67. The Kier molecular flexibility index (Phi) is 5.57. The summed E-state index contributed by atoms with van der Waals surface area (Å²) in [6, 6.07) is 9.59. The first-order chi connectivity index (χ1) is 14.1. The predicted molar refractivity (Wildman–Crippen MR) is 108 cm³/mol. The number of carbonyl (C=O) groups is 2. The van der Waals surface area contributed by atoms with E-state index in [0.717, 1.165) is 5.69 Å². The van der Waals surface area contributed by atoms with Crippen molar-refractivity contribution in [2.75, 3.05) is 36.4 Å². The van der Waals surface area contributed by atoms with Gasteiger partial charge in [0.1, 0.15) is 5.82 Å². The number of furan rings is 1. The fourth-order valence-electron chi connectivity index (χ4n) is 3.14. The first kappa shape index (κ1) is 19.1. The van der Waals surface area contributed by atoms with Gasteiger partial charge in [0.2, 0.25) is 5.91 Å². The SMILES string of the molecule is O=C(Nc1nc(CC(=O)N2CCN(c3ccc(F)cc3)CC2)cs1)c1ccco1. The smallest absolute Gasteiger partial charge is 0.293 e. The minimum Gasteiger partial charge on any atom is -0.459 e. The lowest BCUT2D eigenvalue weighted by Gasteiger charge is -2.36. The maximum absolute atomic E-state index is 13.1. The van der Waals surface area contributed by atoms with Gasteiger partial charge in [-0.15, -0.1) is 11.3 Å². The van der Waals surface area contributed by atoms with Crippen LogP contribution in [0.2, 0.25) is 0 Å². The largest absolute Gasteiger partial charge is 0.459 e. The summed E-state index contributed by atoms with van der Waals surface area (Å²) in [5.74, 6) is -0.431. The molecule has 29 heavy (non-hydrogen) atoms. The Bertz CT molecular complexity index is 980. The van der Waals surface area contributed by atoms with Gasteiger partial charge in [-0.3, -0.25) is 14.9 Å². The van der Waals surface area contributed by atoms with Gasteiger partial charge in [-0.1, -0.05) is 0 Å². The molecule has 1 aliphatic heterocycles. The number of nitrogens with zero attached hydrogens (tertiary/aromatic N) is 3. The second-order valence-corrected chi connectivity index (χ2v) is 7.45. The highest BCUT2D eigenvalue weighted by Crippen LogP contribution is 2.19. The molecule has 2 aromatic heterocycles. The average Bonchev–Trinajstić information content (AvgIpc) is 3.41. The van der Waals surface area contributed by atoms with E-state index in [9.17, 15) is 14.0 Å². The molecular formula is C20H19FN4O3S. The summed E-state index contributed by atoms with van der Waals surface area (Å²) in [6.07, 6.45) is 1.61. The molecule has 7 nitrogen and oxygen atoms in total. The maximum atomic E-state index is 13.1. The second-order valence-electron chi connectivity index (χ2n) is 6.60. The van der Waals surface area contributed by atoms with Crippen LogP contribution in [0.1, 0.15) is 16.2 Å². The molecule has 1 saturated heterocycles. The topological polar surface area (TPSA) is 78.7 Å². The number of amides is 2. The molecule has 0 saturated carbocycles. The molecule has 0 atom stereocenters. The Morgan fingerprint density at radius 3 is 2.59 bits per heavy atom. The molecule has 1 aliphatic rings. The van der Waals surface area contributed by atoms with Gasteiger partial charge in [0, 0.05) is 37.2 Å². The van der Waals surface area contributed by atoms with Crippen molar-refractivity contribution in [3.63, 3.8) is 0 Å². The molecule has 0 radical (unpaired) electrons. The van der Waals surface area contributed by atoms with Gasteiger partial charge in [-0.2, -0.15) is 0 Å². The third kappa shape index (κ3) is 4.62. The number of hydrogen-bond donors (Lipinski definition) is 1. The van der Waals surface area contributed by atoms with Crippen LogP contribution in [0.3, 0.4) is 0 Å². The summed E-state index contributed by atoms with van der Waals surface area (Å²) in [5, 5.41) is 4.86. The van der Waals surface area contributed by atoms with Crippen LogP contribution in [0.25, 0.3) is 0 Å². The van der Waals surface area contributed by atoms with E-state index < -0.39 is 0 Å². The Labute approximate surface area is 170 Å². The Morgan fingerprint density at radius 1 is 1.14 bits per heavy atom. The van der Waals surface area contributed by atoms with E-state index >= 15 is 0 Å². The highest BCUT2D eigenvalue weighted by Gasteiger charge is 2.22. The summed E-state index contributed by atoms with van der Waals surface area (Å²) in [6.45, 7) is 2.59. The lowest BCUT2D eigenvalue weighted by atomic mass is 10.2. The van der Waals surface area contributed by atoms with Crippen LogP contribution in [0.4, 0.5) is 15.2 Å². The highest BCUT2D eigenvalue weighted by atomic mass is 32.1. The maximum Gasteiger partial charge on any atom is 0.293 e. The standard InChI is InChI=1S/C20H19FN4O3S/c21-14-3-5-16(6-4-14)24-7-9-25(10-8-24)18(26)12-15-13-29-20(22-15)23-19(27)17-2-1-11-28-17/h1-6,11,13H,7-10,12H2,(H,22,23,27). The first-order valence-corrected chi connectivity index (χ1v) is 10.0. The third-order valence-corrected chi connectivity index (χ3v) is 5.48. The second kappa shape index (κ2) is 8.44. The van der Waals surface area contributed by atoms with Crippen LogP contribution in [0.15, 0.2) is 52.5 Å². The molecule has 150 valence electrons. The number of rotatable bonds is 5. The average molecular weight is 414 g/mol. The molecule has 3 heterocycles. The summed E-state index contributed by atoms with van der Waals surface area (Å²) < 4.78 is 18.1. The molecule has 0 aliphatic carbocycles. The van der Waals surface area contributed by atoms with E-state index in [4.69, 9.17) is 4.42 Å². The van der Waals surface area contributed by atoms with Crippen LogP contribution in [0, 0.1) is 5.82 Å². The molecular weight excluding hydrogens is 395 g/mol. The van der Waals surface area contributed by atoms with E-state index in [-0.39, 0.29) is 29.8 Å². The van der Waals surface area contributed by atoms with Crippen LogP contribution >= 0.6 is 11.3 Å². The normalized spacial score (nSPS) is 14.1. The van der Waals surface area contributed by atoms with Gasteiger partial charge < -0.3 is 14.2 Å². The van der Waals surface area contributed by atoms with Crippen molar-refractivity contribution < 1.29 is 18.4 Å². The lowest BCUT2D eigenvalue weighted by molar-refractivity contribution is -0.130. The summed E-state index contributed by atoms with van der Waals surface area (Å²) in [7, 11) is 0. The molecule has 1 fully saturated rings. The molecule has 3 aromatic rings. The lowest BCUT2D eigenvalue weighted by Crippen LogP contribution is -2.49. The minimum absolute atomic E-state index is 0.00188. The Morgan fingerprint density at radius 2 is 1.90 bits per heavy atom. The van der Waals surface area contributed by atoms with Gasteiger partial charge >= 0.3 is 0 Å². The first-order valence-electron chi connectivity index (χ1n) is 9.16. The van der Waals surface area contributed by atoms with Crippen LogP contribution < -0.4 is 10.2 Å². The zero-order chi connectivity index (χ0) is 20.2. The molecule has 4 rings (SSSR count). The zero-order valence-electron chi connectivity index (χ0n) is 15.5. The quantitative estimate of drug-likeness (QED) is 0.694. The fourth-order valence-corrected chi connectivity index (χ4v) is 3.85. The van der Waals surface area contributed by atoms with Crippen LogP contribution in [0.5, 0.6) is 0 Å². The van der Waals surface area contributed by atoms with Crippen molar-refractivity contribution in [1.29, 1.82) is 0 Å². The molecule has 2 amide bonds. The summed E-state index contributed by atoms with van der Waals surface area (Å²) in [5.41, 5.74) is 1.57. The van der Waals surface area contributed by atoms with E-state index in [1.807, 2.05) is 0 Å². The zero-order valence-corrected chi connectivity index (χ0v) is 16.3. The summed E-state index contributed by atoms with van der Waals surface area (Å²) in [4.78, 5) is 32.8. The van der Waals surface area contributed by atoms with E-state index in [1.165, 1.54) is 29.7 Å². The highest BCUT2D eigenvalue weighted by molar-refractivity contribution is 7.14. The molecule has 0 spiro atoms. The van der Waals surface area contributed by atoms with Crippen LogP contribution in [-0.4, -0.2) is 47.9 Å². The van der Waals surface area contributed by atoms with Crippen LogP contribution in [-0.2, 0) is 11.2 Å². The number of anilines is 2. The van der Waals surface area contributed by atoms with Crippen molar-refractivity contribution in [2.45, 2.75) is 6.42 Å². The Hall–Kier alpha value is -3.20. The van der Waals surface area contributed by atoms with E-state index in [2.05, 4.69) is 15.2 Å². The number of hydrogen-bond acceptors (Lipinski definition) is 6. The number of aromatic nitrogens is 1. The molecule has 0 bridgehead atoms. The van der Waals surface area contributed by atoms with E-state index in [1.54, 1.807) is 34.5 Å². The van der Waals surface area contributed by atoms with Gasteiger partial charge in [-0.05, 0) is 36.4 Å². The van der Waals surface area contributed by atoms with Crippen molar-refractivity contribution in [1.82, 2.24) is 9.88 Å². The van der Waals surface area contributed by atoms with Crippen molar-refractivity contribution >= 4 is 34.0 Å². The van der Waals surface area contributed by atoms with Gasteiger partial charge in [0.15, 0.2) is 10.9 Å². The van der Waals surface area contributed by atoms with Crippen molar-refractivity contribution in [3.8, 4) is 0 Å². The number of benzene rings is 1. The molecule has 1 N–H and O–H groups in total. The Balaban J connectivity index is 1.28. The number of piperazine rings is 1. The fraction of sp³-hybridized carbons (Fsp3) is 0.250. The van der Waals surface area contributed by atoms with Crippen molar-refractivity contribution in [3.05, 3.63) is 65.3 Å².